The number of benzene rings is 2. The van der Waals surface area contributed by atoms with Crippen molar-refractivity contribution in [3.8, 4) is 11.5 Å². The number of amides is 1. The number of carbonyl (C=O) groups is 1. The van der Waals surface area contributed by atoms with Crippen LogP contribution in [-0.2, 0) is 16.1 Å². The molecule has 148 valence electrons. The van der Waals surface area contributed by atoms with E-state index in [1.54, 1.807) is 0 Å². The van der Waals surface area contributed by atoms with Crippen LogP contribution in [0.3, 0.4) is 0 Å². The lowest BCUT2D eigenvalue weighted by molar-refractivity contribution is -0.885. The second kappa shape index (κ2) is 8.50. The second-order valence-corrected chi connectivity index (χ2v) is 7.19. The maximum Gasteiger partial charge on any atom is 0.279 e. The summed E-state index contributed by atoms with van der Waals surface area (Å²) in [6, 6.07) is 13.9. The van der Waals surface area contributed by atoms with Gasteiger partial charge in [0.1, 0.15) is 6.54 Å². The number of quaternary nitrogens is 1. The highest BCUT2D eigenvalue weighted by atomic mass is 16.7. The molecule has 0 aliphatic carbocycles. The van der Waals surface area contributed by atoms with Crippen molar-refractivity contribution in [1.29, 1.82) is 0 Å². The van der Waals surface area contributed by atoms with Crippen LogP contribution >= 0.6 is 0 Å². The van der Waals surface area contributed by atoms with Crippen molar-refractivity contribution in [2.75, 3.05) is 56.9 Å². The molecule has 7 nitrogen and oxygen atoms in total. The molecule has 28 heavy (non-hydrogen) atoms. The minimum Gasteiger partial charge on any atom is -0.454 e. The van der Waals surface area contributed by atoms with Crippen molar-refractivity contribution < 1.29 is 23.9 Å². The average Bonchev–Trinajstić information content (AvgIpc) is 3.17. The van der Waals surface area contributed by atoms with E-state index in [-0.39, 0.29) is 12.7 Å². The quantitative estimate of drug-likeness (QED) is 0.775. The van der Waals surface area contributed by atoms with E-state index < -0.39 is 0 Å². The Morgan fingerprint density at radius 2 is 1.82 bits per heavy atom. The Bertz CT molecular complexity index is 819. The molecule has 0 aromatic heterocycles. The van der Waals surface area contributed by atoms with E-state index in [2.05, 4.69) is 10.2 Å². The Morgan fingerprint density at radius 3 is 2.61 bits per heavy atom. The molecule has 2 N–H and O–H groups in total. The molecule has 2 heterocycles. The van der Waals surface area contributed by atoms with Crippen LogP contribution in [0.1, 0.15) is 5.56 Å². The van der Waals surface area contributed by atoms with Gasteiger partial charge >= 0.3 is 0 Å². The molecule has 7 heteroatoms. The summed E-state index contributed by atoms with van der Waals surface area (Å²) >= 11 is 0. The monoisotopic (exact) mass is 384 g/mol. The highest BCUT2D eigenvalue weighted by Gasteiger charge is 2.16. The largest absolute Gasteiger partial charge is 0.454 e. The lowest BCUT2D eigenvalue weighted by atomic mass is 10.2. The number of anilines is 2. The number of hydrogen-bond donors (Lipinski definition) is 2. The third-order valence-electron chi connectivity index (χ3n) is 4.93. The van der Waals surface area contributed by atoms with E-state index in [4.69, 9.17) is 14.2 Å². The third-order valence-corrected chi connectivity index (χ3v) is 4.93. The van der Waals surface area contributed by atoms with E-state index in [0.717, 1.165) is 66.2 Å². The molecule has 1 atom stereocenters. The highest BCUT2D eigenvalue weighted by molar-refractivity contribution is 5.91. The molecule has 0 bridgehead atoms. The summed E-state index contributed by atoms with van der Waals surface area (Å²) in [6.07, 6.45) is 0. The van der Waals surface area contributed by atoms with Gasteiger partial charge in [-0.15, -0.1) is 0 Å². The van der Waals surface area contributed by atoms with Crippen molar-refractivity contribution in [2.24, 2.45) is 0 Å². The van der Waals surface area contributed by atoms with Gasteiger partial charge in [0.05, 0.1) is 20.3 Å². The van der Waals surface area contributed by atoms with Gasteiger partial charge in [-0.25, -0.2) is 0 Å². The molecule has 1 saturated heterocycles. The Balaban J connectivity index is 1.27. The van der Waals surface area contributed by atoms with Crippen molar-refractivity contribution >= 4 is 17.3 Å². The zero-order valence-corrected chi connectivity index (χ0v) is 16.1. The summed E-state index contributed by atoms with van der Waals surface area (Å²) in [4.78, 5) is 15.8. The minimum absolute atomic E-state index is 0.00244. The van der Waals surface area contributed by atoms with Gasteiger partial charge in [0.15, 0.2) is 18.0 Å². The number of ether oxygens (including phenoxy) is 3. The van der Waals surface area contributed by atoms with Crippen LogP contribution in [0.25, 0.3) is 0 Å². The number of rotatable bonds is 6. The lowest BCUT2D eigenvalue weighted by Crippen LogP contribution is -3.08. The van der Waals surface area contributed by atoms with E-state index in [1.165, 1.54) is 0 Å². The maximum absolute atomic E-state index is 12.4. The molecule has 0 saturated carbocycles. The van der Waals surface area contributed by atoms with E-state index in [1.807, 2.05) is 49.5 Å². The number of likely N-dealkylation sites (N-methyl/N-ethyl adjacent to an activating group) is 1. The van der Waals surface area contributed by atoms with Crippen molar-refractivity contribution in [1.82, 2.24) is 0 Å². The molecule has 2 aliphatic heterocycles. The van der Waals surface area contributed by atoms with Gasteiger partial charge in [0.2, 0.25) is 6.79 Å². The van der Waals surface area contributed by atoms with Gasteiger partial charge in [0.25, 0.3) is 5.91 Å². The Kier molecular flexibility index (Phi) is 5.64. The maximum atomic E-state index is 12.4. The van der Waals surface area contributed by atoms with E-state index in [0.29, 0.717) is 6.54 Å². The average molecular weight is 384 g/mol. The number of nitrogens with zero attached hydrogens (tertiary/aromatic N) is 1. The molecule has 2 aliphatic rings. The number of morpholine rings is 1. The van der Waals surface area contributed by atoms with Gasteiger partial charge in [0, 0.05) is 30.0 Å². The zero-order chi connectivity index (χ0) is 19.3. The van der Waals surface area contributed by atoms with Crippen molar-refractivity contribution in [3.63, 3.8) is 0 Å². The molecular weight excluding hydrogens is 358 g/mol. The van der Waals surface area contributed by atoms with Crippen LogP contribution < -0.4 is 24.6 Å². The fraction of sp³-hybridized carbons (Fsp3) is 0.381. The predicted octanol–water partition coefficient (Wildman–Crippen LogP) is 0.905. The van der Waals surface area contributed by atoms with Crippen LogP contribution in [-0.4, -0.2) is 52.6 Å². The third kappa shape index (κ3) is 4.55. The molecule has 0 spiro atoms. The SMILES string of the molecule is C[NH+](CC(=O)Nc1ccc(N2CCOCC2)cc1)Cc1ccc2c(c1)OCO2. The molecule has 2 aromatic carbocycles. The summed E-state index contributed by atoms with van der Waals surface area (Å²) < 4.78 is 16.1. The highest BCUT2D eigenvalue weighted by Crippen LogP contribution is 2.32. The summed E-state index contributed by atoms with van der Waals surface area (Å²) in [7, 11) is 2.01. The Labute approximate surface area is 164 Å². The molecule has 1 unspecified atom stereocenters. The number of carbonyl (C=O) groups excluding carboxylic acids is 1. The Morgan fingerprint density at radius 1 is 1.07 bits per heavy atom. The summed E-state index contributed by atoms with van der Waals surface area (Å²) in [5.41, 5.74) is 3.09. The first-order valence-electron chi connectivity index (χ1n) is 9.60. The van der Waals surface area contributed by atoms with Crippen LogP contribution in [0.2, 0.25) is 0 Å². The van der Waals surface area contributed by atoms with Crippen LogP contribution in [0.15, 0.2) is 42.5 Å². The van der Waals surface area contributed by atoms with Gasteiger partial charge in [-0.3, -0.25) is 4.79 Å². The summed E-state index contributed by atoms with van der Waals surface area (Å²) in [5.74, 6) is 1.55. The number of nitrogens with one attached hydrogen (secondary N) is 2. The number of fused-ring (bicyclic) bond motifs is 1. The first-order valence-corrected chi connectivity index (χ1v) is 9.60. The van der Waals surface area contributed by atoms with E-state index >= 15 is 0 Å². The molecule has 4 rings (SSSR count). The van der Waals surface area contributed by atoms with Gasteiger partial charge in [-0.2, -0.15) is 0 Å². The van der Waals surface area contributed by atoms with Gasteiger partial charge in [-0.05, 0) is 42.5 Å². The second-order valence-electron chi connectivity index (χ2n) is 7.19. The number of hydrogen-bond acceptors (Lipinski definition) is 5. The smallest absolute Gasteiger partial charge is 0.279 e. The molecule has 0 radical (unpaired) electrons. The summed E-state index contributed by atoms with van der Waals surface area (Å²) in [5, 5.41) is 2.98. The normalized spacial score (nSPS) is 16.7. The topological polar surface area (TPSA) is 64.5 Å². The molecule has 2 aromatic rings. The van der Waals surface area contributed by atoms with Gasteiger partial charge in [-0.1, -0.05) is 0 Å². The lowest BCUT2D eigenvalue weighted by Gasteiger charge is -2.28. The predicted molar refractivity (Wildman–Crippen MR) is 106 cm³/mol. The summed E-state index contributed by atoms with van der Waals surface area (Å²) in [6.45, 7) is 4.72. The first-order chi connectivity index (χ1) is 13.7. The fourth-order valence-corrected chi connectivity index (χ4v) is 3.52. The van der Waals surface area contributed by atoms with E-state index in [9.17, 15) is 4.79 Å². The minimum atomic E-state index is -0.00244. The standard InChI is InChI=1S/C21H25N3O4/c1-23(13-16-2-7-19-20(12-16)28-15-27-19)14-21(25)22-17-3-5-18(6-4-17)24-8-10-26-11-9-24/h2-7,12H,8-11,13-15H2,1H3,(H,22,25)/p+1. The van der Waals surface area contributed by atoms with Gasteiger partial charge < -0.3 is 29.3 Å². The zero-order valence-electron chi connectivity index (χ0n) is 16.1. The van der Waals surface area contributed by atoms with Crippen LogP contribution in [0.5, 0.6) is 11.5 Å². The van der Waals surface area contributed by atoms with Crippen molar-refractivity contribution in [3.05, 3.63) is 48.0 Å². The molecular formula is C21H26N3O4+. The first kappa shape index (κ1) is 18.6. The van der Waals surface area contributed by atoms with Crippen LogP contribution in [0.4, 0.5) is 11.4 Å². The fourth-order valence-electron chi connectivity index (χ4n) is 3.52. The van der Waals surface area contributed by atoms with Crippen LogP contribution in [0, 0.1) is 0 Å². The van der Waals surface area contributed by atoms with Crippen molar-refractivity contribution in [2.45, 2.75) is 6.54 Å². The Hall–Kier alpha value is -2.77. The molecule has 1 fully saturated rings. The molecule has 1 amide bonds.